The molecule has 112 valence electrons. The summed E-state index contributed by atoms with van der Waals surface area (Å²) in [5.74, 6) is 0.223. The molecule has 0 spiro atoms. The zero-order valence-corrected chi connectivity index (χ0v) is 12.0. The van der Waals surface area contributed by atoms with Gasteiger partial charge < -0.3 is 19.3 Å². The van der Waals surface area contributed by atoms with Crippen molar-refractivity contribution in [2.75, 3.05) is 27.3 Å². The zero-order valence-electron chi connectivity index (χ0n) is 12.0. The van der Waals surface area contributed by atoms with Crippen LogP contribution in [0.25, 0.3) is 11.3 Å². The molecule has 0 saturated heterocycles. The number of aliphatic hydroxyl groups is 1. The first-order valence-electron chi connectivity index (χ1n) is 6.56. The van der Waals surface area contributed by atoms with Gasteiger partial charge in [0.1, 0.15) is 0 Å². The number of rotatable bonds is 6. The van der Waals surface area contributed by atoms with E-state index in [0.29, 0.717) is 5.76 Å². The highest BCUT2D eigenvalue weighted by molar-refractivity contribution is 5.92. The molecule has 1 amide bonds. The Hall–Kier alpha value is -2.18. The second-order valence-electron chi connectivity index (χ2n) is 4.74. The van der Waals surface area contributed by atoms with Crippen LogP contribution in [0, 0.1) is 0 Å². The third-order valence-corrected chi connectivity index (χ3v) is 2.98. The maximum absolute atomic E-state index is 12.2. The molecule has 2 aromatic rings. The Bertz CT molecular complexity index is 582. The Balaban J connectivity index is 2.05. The average Bonchev–Trinajstić information content (AvgIpc) is 2.97. The van der Waals surface area contributed by atoms with Gasteiger partial charge in [0.15, 0.2) is 11.5 Å². The van der Waals surface area contributed by atoms with Gasteiger partial charge in [-0.1, -0.05) is 35.5 Å². The molecule has 21 heavy (non-hydrogen) atoms. The average molecular weight is 290 g/mol. The van der Waals surface area contributed by atoms with Crippen molar-refractivity contribution in [3.63, 3.8) is 0 Å². The van der Waals surface area contributed by atoms with Crippen molar-refractivity contribution in [2.24, 2.45) is 0 Å². The van der Waals surface area contributed by atoms with E-state index < -0.39 is 6.10 Å². The highest BCUT2D eigenvalue weighted by atomic mass is 16.5. The molecule has 6 nitrogen and oxygen atoms in total. The first-order valence-corrected chi connectivity index (χ1v) is 6.56. The van der Waals surface area contributed by atoms with E-state index in [1.54, 1.807) is 13.1 Å². The first-order chi connectivity index (χ1) is 10.1. The Morgan fingerprint density at radius 1 is 1.43 bits per heavy atom. The number of aromatic nitrogens is 1. The molecule has 1 unspecified atom stereocenters. The van der Waals surface area contributed by atoms with Gasteiger partial charge in [-0.2, -0.15) is 0 Å². The smallest absolute Gasteiger partial charge is 0.275 e. The summed E-state index contributed by atoms with van der Waals surface area (Å²) in [5, 5.41) is 13.4. The molecule has 1 aromatic carbocycles. The molecular formula is C15H18N2O4. The minimum Gasteiger partial charge on any atom is -0.389 e. The standard InChI is InChI=1S/C15H18N2O4/c1-17(9-12(18)10-20-2)15(19)13-8-14(21-16-13)11-6-4-3-5-7-11/h3-8,12,18H,9-10H2,1-2H3. The van der Waals surface area contributed by atoms with Gasteiger partial charge in [-0.15, -0.1) is 0 Å². The number of carbonyl (C=O) groups excluding carboxylic acids is 1. The first kappa shape index (κ1) is 15.2. The van der Waals surface area contributed by atoms with Gasteiger partial charge in [0.2, 0.25) is 0 Å². The molecule has 1 atom stereocenters. The third kappa shape index (κ3) is 3.90. The molecule has 1 N–H and O–H groups in total. The van der Waals surface area contributed by atoms with Crippen molar-refractivity contribution in [1.29, 1.82) is 0 Å². The maximum Gasteiger partial charge on any atom is 0.275 e. The fourth-order valence-corrected chi connectivity index (χ4v) is 1.95. The summed E-state index contributed by atoms with van der Waals surface area (Å²) in [7, 11) is 3.09. The number of hydrogen-bond donors (Lipinski definition) is 1. The number of methoxy groups -OCH3 is 1. The molecule has 0 radical (unpaired) electrons. The SMILES string of the molecule is COCC(O)CN(C)C(=O)c1cc(-c2ccccc2)on1. The van der Waals surface area contributed by atoms with Gasteiger partial charge in [-0.3, -0.25) is 4.79 Å². The molecule has 1 heterocycles. The highest BCUT2D eigenvalue weighted by Crippen LogP contribution is 2.20. The van der Waals surface area contributed by atoms with Crippen LogP contribution in [0.2, 0.25) is 0 Å². The maximum atomic E-state index is 12.2. The summed E-state index contributed by atoms with van der Waals surface area (Å²) in [6.07, 6.45) is -0.732. The molecule has 2 rings (SSSR count). The van der Waals surface area contributed by atoms with Gasteiger partial charge in [0.25, 0.3) is 5.91 Å². The number of aliphatic hydroxyl groups excluding tert-OH is 1. The van der Waals surface area contributed by atoms with Crippen molar-refractivity contribution >= 4 is 5.91 Å². The fourth-order valence-electron chi connectivity index (χ4n) is 1.95. The van der Waals surface area contributed by atoms with Gasteiger partial charge in [-0.25, -0.2) is 0 Å². The fraction of sp³-hybridized carbons (Fsp3) is 0.333. The van der Waals surface area contributed by atoms with Crippen LogP contribution in [0.1, 0.15) is 10.5 Å². The van der Waals surface area contributed by atoms with Crippen molar-refractivity contribution in [3.05, 3.63) is 42.1 Å². The summed E-state index contributed by atoms with van der Waals surface area (Å²) in [4.78, 5) is 13.6. The lowest BCUT2D eigenvalue weighted by Gasteiger charge is -2.19. The van der Waals surface area contributed by atoms with E-state index in [0.717, 1.165) is 5.56 Å². The summed E-state index contributed by atoms with van der Waals surface area (Å²) in [5.41, 5.74) is 1.06. The zero-order chi connectivity index (χ0) is 15.2. The summed E-state index contributed by atoms with van der Waals surface area (Å²) >= 11 is 0. The lowest BCUT2D eigenvalue weighted by molar-refractivity contribution is 0.0376. The van der Waals surface area contributed by atoms with Crippen LogP contribution in [0.4, 0.5) is 0 Å². The number of likely N-dealkylation sites (N-methyl/N-ethyl adjacent to an activating group) is 1. The number of amides is 1. The second kappa shape index (κ2) is 7.01. The number of nitrogens with zero attached hydrogens (tertiary/aromatic N) is 2. The van der Waals surface area contributed by atoms with Crippen LogP contribution in [0.5, 0.6) is 0 Å². The summed E-state index contributed by atoms with van der Waals surface area (Å²) < 4.78 is 10.0. The van der Waals surface area contributed by atoms with Crippen LogP contribution in [0.3, 0.4) is 0 Å². The van der Waals surface area contributed by atoms with Gasteiger partial charge in [0.05, 0.1) is 12.7 Å². The van der Waals surface area contributed by atoms with Crippen LogP contribution in [0.15, 0.2) is 40.9 Å². The largest absolute Gasteiger partial charge is 0.389 e. The van der Waals surface area contributed by atoms with Crippen LogP contribution >= 0.6 is 0 Å². The van der Waals surface area contributed by atoms with E-state index in [2.05, 4.69) is 5.16 Å². The molecule has 1 aromatic heterocycles. The quantitative estimate of drug-likeness (QED) is 0.870. The number of benzene rings is 1. The Morgan fingerprint density at radius 3 is 2.81 bits per heavy atom. The summed E-state index contributed by atoms with van der Waals surface area (Å²) in [6.45, 7) is 0.339. The molecule has 0 saturated carbocycles. The van der Waals surface area contributed by atoms with E-state index in [1.165, 1.54) is 12.0 Å². The Labute approximate surface area is 122 Å². The van der Waals surface area contributed by atoms with E-state index in [4.69, 9.17) is 9.26 Å². The molecule has 0 bridgehead atoms. The van der Waals surface area contributed by atoms with Crippen molar-refractivity contribution in [2.45, 2.75) is 6.10 Å². The molecule has 0 aliphatic rings. The molecule has 0 aliphatic carbocycles. The molecule has 0 aliphatic heterocycles. The number of carbonyl (C=O) groups is 1. The lowest BCUT2D eigenvalue weighted by Crippen LogP contribution is -2.36. The topological polar surface area (TPSA) is 75.8 Å². The minimum absolute atomic E-state index is 0.167. The monoisotopic (exact) mass is 290 g/mol. The molecule has 6 heteroatoms. The lowest BCUT2D eigenvalue weighted by atomic mass is 10.1. The molecule has 0 fully saturated rings. The van der Waals surface area contributed by atoms with Crippen molar-refractivity contribution in [3.8, 4) is 11.3 Å². The Morgan fingerprint density at radius 2 is 2.14 bits per heavy atom. The number of hydrogen-bond acceptors (Lipinski definition) is 5. The normalized spacial score (nSPS) is 12.1. The van der Waals surface area contributed by atoms with Crippen LogP contribution in [-0.2, 0) is 4.74 Å². The second-order valence-corrected chi connectivity index (χ2v) is 4.74. The molecular weight excluding hydrogens is 272 g/mol. The van der Waals surface area contributed by atoms with Crippen molar-refractivity contribution in [1.82, 2.24) is 10.1 Å². The van der Waals surface area contributed by atoms with Gasteiger partial charge >= 0.3 is 0 Å². The number of ether oxygens (including phenoxy) is 1. The van der Waals surface area contributed by atoms with E-state index >= 15 is 0 Å². The van der Waals surface area contributed by atoms with E-state index in [1.807, 2.05) is 30.3 Å². The van der Waals surface area contributed by atoms with Crippen LogP contribution < -0.4 is 0 Å². The summed E-state index contributed by atoms with van der Waals surface area (Å²) in [6, 6.07) is 11.0. The third-order valence-electron chi connectivity index (χ3n) is 2.98. The van der Waals surface area contributed by atoms with Gasteiger partial charge in [-0.05, 0) is 0 Å². The van der Waals surface area contributed by atoms with Crippen molar-refractivity contribution < 1.29 is 19.2 Å². The predicted molar refractivity (Wildman–Crippen MR) is 76.8 cm³/mol. The van der Waals surface area contributed by atoms with E-state index in [-0.39, 0.29) is 24.8 Å². The minimum atomic E-state index is -0.732. The van der Waals surface area contributed by atoms with E-state index in [9.17, 15) is 9.90 Å². The van der Waals surface area contributed by atoms with Crippen LogP contribution in [-0.4, -0.2) is 54.5 Å². The predicted octanol–water partition coefficient (Wildman–Crippen LogP) is 1.42. The highest BCUT2D eigenvalue weighted by Gasteiger charge is 2.19. The Kier molecular flexibility index (Phi) is 5.08. The van der Waals surface area contributed by atoms with Gasteiger partial charge in [0, 0.05) is 32.3 Å².